The Hall–Kier alpha value is -2.89. The summed E-state index contributed by atoms with van der Waals surface area (Å²) in [5, 5.41) is 11.2. The SMILES string of the molecule is O=C([C@@H](Oc1ccccc1[N+](=O)[O-])c1ccccc1)N1CCCCC1. The molecule has 0 bridgehead atoms. The van der Waals surface area contributed by atoms with Crippen molar-refractivity contribution in [3.05, 3.63) is 70.3 Å². The second-order valence-corrected chi connectivity index (χ2v) is 6.02. The Kier molecular flexibility index (Phi) is 5.28. The number of benzene rings is 2. The van der Waals surface area contributed by atoms with Gasteiger partial charge in [0.05, 0.1) is 4.92 Å². The van der Waals surface area contributed by atoms with Crippen molar-refractivity contribution >= 4 is 11.6 Å². The molecule has 0 saturated carbocycles. The van der Waals surface area contributed by atoms with Gasteiger partial charge in [0.1, 0.15) is 0 Å². The van der Waals surface area contributed by atoms with E-state index in [0.717, 1.165) is 19.3 Å². The van der Waals surface area contributed by atoms with E-state index in [2.05, 4.69) is 0 Å². The average molecular weight is 340 g/mol. The number of piperidine rings is 1. The second kappa shape index (κ2) is 7.79. The van der Waals surface area contributed by atoms with E-state index in [1.807, 2.05) is 18.2 Å². The summed E-state index contributed by atoms with van der Waals surface area (Å²) in [5.41, 5.74) is 0.547. The first-order valence-corrected chi connectivity index (χ1v) is 8.40. The van der Waals surface area contributed by atoms with Crippen LogP contribution in [0.15, 0.2) is 54.6 Å². The molecule has 6 heteroatoms. The van der Waals surface area contributed by atoms with Gasteiger partial charge in [0.15, 0.2) is 5.75 Å². The molecule has 2 aromatic carbocycles. The van der Waals surface area contributed by atoms with Gasteiger partial charge in [-0.15, -0.1) is 0 Å². The molecule has 0 radical (unpaired) electrons. The van der Waals surface area contributed by atoms with Crippen LogP contribution in [0.2, 0.25) is 0 Å². The fourth-order valence-electron chi connectivity index (χ4n) is 3.00. The summed E-state index contributed by atoms with van der Waals surface area (Å²) in [6, 6.07) is 15.3. The van der Waals surface area contributed by atoms with Gasteiger partial charge in [0.25, 0.3) is 5.91 Å². The molecule has 0 aliphatic carbocycles. The largest absolute Gasteiger partial charge is 0.469 e. The average Bonchev–Trinajstić information content (AvgIpc) is 2.67. The molecule has 0 aromatic heterocycles. The van der Waals surface area contributed by atoms with Crippen LogP contribution in [-0.2, 0) is 4.79 Å². The molecule has 1 amide bonds. The molecule has 25 heavy (non-hydrogen) atoms. The number of hydrogen-bond donors (Lipinski definition) is 0. The first-order valence-electron chi connectivity index (χ1n) is 8.40. The summed E-state index contributed by atoms with van der Waals surface area (Å²) in [7, 11) is 0. The van der Waals surface area contributed by atoms with Crippen molar-refractivity contribution in [3.63, 3.8) is 0 Å². The zero-order valence-corrected chi connectivity index (χ0v) is 13.8. The number of nitro groups is 1. The number of amides is 1. The van der Waals surface area contributed by atoms with Crippen molar-refractivity contribution in [3.8, 4) is 5.75 Å². The minimum atomic E-state index is -0.889. The molecule has 0 spiro atoms. The Morgan fingerprint density at radius 3 is 2.32 bits per heavy atom. The van der Waals surface area contributed by atoms with Gasteiger partial charge in [-0.05, 0) is 25.3 Å². The Bertz CT molecular complexity index is 742. The highest BCUT2D eigenvalue weighted by molar-refractivity contribution is 5.83. The molecule has 1 aliphatic rings. The van der Waals surface area contributed by atoms with Crippen molar-refractivity contribution in [2.24, 2.45) is 0 Å². The molecule has 1 heterocycles. The van der Waals surface area contributed by atoms with Gasteiger partial charge < -0.3 is 9.64 Å². The van der Waals surface area contributed by atoms with E-state index < -0.39 is 11.0 Å². The Morgan fingerprint density at radius 1 is 1.00 bits per heavy atom. The van der Waals surface area contributed by atoms with Crippen LogP contribution in [0.3, 0.4) is 0 Å². The highest BCUT2D eigenvalue weighted by atomic mass is 16.6. The van der Waals surface area contributed by atoms with Crippen LogP contribution in [0.1, 0.15) is 30.9 Å². The number of likely N-dealkylation sites (tertiary alicyclic amines) is 1. The maximum absolute atomic E-state index is 13.0. The number of carbonyl (C=O) groups is 1. The smallest absolute Gasteiger partial charge is 0.310 e. The van der Waals surface area contributed by atoms with Gasteiger partial charge in [0.2, 0.25) is 6.10 Å². The van der Waals surface area contributed by atoms with Gasteiger partial charge in [-0.2, -0.15) is 0 Å². The number of carbonyl (C=O) groups excluding carboxylic acids is 1. The predicted octanol–water partition coefficient (Wildman–Crippen LogP) is 3.73. The monoisotopic (exact) mass is 340 g/mol. The molecular formula is C19H20N2O4. The Morgan fingerprint density at radius 2 is 1.64 bits per heavy atom. The zero-order valence-electron chi connectivity index (χ0n) is 13.8. The maximum Gasteiger partial charge on any atom is 0.310 e. The van der Waals surface area contributed by atoms with Gasteiger partial charge >= 0.3 is 5.69 Å². The number of nitro benzene ring substituents is 1. The second-order valence-electron chi connectivity index (χ2n) is 6.02. The molecule has 2 aromatic rings. The summed E-state index contributed by atoms with van der Waals surface area (Å²) in [6.45, 7) is 1.39. The molecule has 0 unspecified atom stereocenters. The topological polar surface area (TPSA) is 72.7 Å². The van der Waals surface area contributed by atoms with Crippen LogP contribution in [-0.4, -0.2) is 28.8 Å². The summed E-state index contributed by atoms with van der Waals surface area (Å²) >= 11 is 0. The van der Waals surface area contributed by atoms with Crippen molar-refractivity contribution in [1.29, 1.82) is 0 Å². The first-order chi connectivity index (χ1) is 12.2. The van der Waals surface area contributed by atoms with Gasteiger partial charge in [-0.3, -0.25) is 14.9 Å². The lowest BCUT2D eigenvalue weighted by Crippen LogP contribution is -2.40. The number of hydrogen-bond acceptors (Lipinski definition) is 4. The van der Waals surface area contributed by atoms with Crippen LogP contribution in [0.4, 0.5) is 5.69 Å². The van der Waals surface area contributed by atoms with E-state index in [9.17, 15) is 14.9 Å². The van der Waals surface area contributed by atoms with Crippen molar-refractivity contribution in [2.45, 2.75) is 25.4 Å². The fourth-order valence-corrected chi connectivity index (χ4v) is 3.00. The van der Waals surface area contributed by atoms with E-state index in [0.29, 0.717) is 18.7 Å². The number of rotatable bonds is 5. The first kappa shape index (κ1) is 17.0. The lowest BCUT2D eigenvalue weighted by Gasteiger charge is -2.30. The number of para-hydroxylation sites is 2. The normalized spacial score (nSPS) is 15.4. The summed E-state index contributed by atoms with van der Waals surface area (Å²) in [5.74, 6) is -0.0456. The van der Waals surface area contributed by atoms with Gasteiger partial charge in [0, 0.05) is 24.7 Å². The van der Waals surface area contributed by atoms with E-state index in [4.69, 9.17) is 4.74 Å². The van der Waals surface area contributed by atoms with Crippen molar-refractivity contribution < 1.29 is 14.5 Å². The van der Waals surface area contributed by atoms with Crippen molar-refractivity contribution in [2.75, 3.05) is 13.1 Å². The third kappa shape index (κ3) is 3.96. The molecule has 1 atom stereocenters. The third-order valence-electron chi connectivity index (χ3n) is 4.30. The van der Waals surface area contributed by atoms with Crippen LogP contribution >= 0.6 is 0 Å². The Balaban J connectivity index is 1.92. The molecule has 130 valence electrons. The van der Waals surface area contributed by atoms with Crippen LogP contribution in [0.25, 0.3) is 0 Å². The molecule has 6 nitrogen and oxygen atoms in total. The Labute approximate surface area is 146 Å². The lowest BCUT2D eigenvalue weighted by atomic mass is 10.1. The van der Waals surface area contributed by atoms with Gasteiger partial charge in [-0.1, -0.05) is 42.5 Å². The van der Waals surface area contributed by atoms with Crippen LogP contribution in [0.5, 0.6) is 5.75 Å². The van der Waals surface area contributed by atoms with Crippen LogP contribution in [0, 0.1) is 10.1 Å². The van der Waals surface area contributed by atoms with Crippen molar-refractivity contribution in [1.82, 2.24) is 4.90 Å². The summed E-state index contributed by atoms with van der Waals surface area (Å²) in [4.78, 5) is 25.5. The molecule has 1 fully saturated rings. The zero-order chi connectivity index (χ0) is 17.6. The summed E-state index contributed by atoms with van der Waals surface area (Å²) in [6.07, 6.45) is 2.17. The third-order valence-corrected chi connectivity index (χ3v) is 4.30. The van der Waals surface area contributed by atoms with Gasteiger partial charge in [-0.25, -0.2) is 0 Å². The molecule has 3 rings (SSSR count). The molecule has 1 saturated heterocycles. The minimum absolute atomic E-state index is 0.103. The van der Waals surface area contributed by atoms with E-state index in [1.54, 1.807) is 29.2 Å². The fraction of sp³-hybridized carbons (Fsp3) is 0.316. The standard InChI is InChI=1S/C19H20N2O4/c22-19(20-13-7-2-8-14-20)18(15-9-3-1-4-10-15)25-17-12-6-5-11-16(17)21(23)24/h1,3-6,9-12,18H,2,7-8,13-14H2/t18-/m0/s1. The van der Waals surface area contributed by atoms with E-state index >= 15 is 0 Å². The minimum Gasteiger partial charge on any atom is -0.469 e. The van der Waals surface area contributed by atoms with E-state index in [1.165, 1.54) is 12.1 Å². The highest BCUT2D eigenvalue weighted by Gasteiger charge is 2.30. The van der Waals surface area contributed by atoms with Crippen LogP contribution < -0.4 is 4.74 Å². The molecule has 0 N–H and O–H groups in total. The number of ether oxygens (including phenoxy) is 1. The number of nitrogens with zero attached hydrogens (tertiary/aromatic N) is 2. The summed E-state index contributed by atoms with van der Waals surface area (Å²) < 4.78 is 5.88. The van der Waals surface area contributed by atoms with E-state index in [-0.39, 0.29) is 17.3 Å². The molecule has 1 aliphatic heterocycles. The highest BCUT2D eigenvalue weighted by Crippen LogP contribution is 2.32. The quantitative estimate of drug-likeness (QED) is 0.614. The lowest BCUT2D eigenvalue weighted by molar-refractivity contribution is -0.386. The predicted molar refractivity (Wildman–Crippen MR) is 93.3 cm³/mol. The molecular weight excluding hydrogens is 320 g/mol. The maximum atomic E-state index is 13.0.